The number of carbonyl (C=O) groups excluding carboxylic acids is 2. The summed E-state index contributed by atoms with van der Waals surface area (Å²) >= 11 is 0. The Morgan fingerprint density at radius 1 is 0.857 bits per heavy atom. The zero-order valence-corrected chi connectivity index (χ0v) is 17.0. The van der Waals surface area contributed by atoms with Crippen LogP contribution in [0.15, 0.2) is 24.3 Å². The van der Waals surface area contributed by atoms with Gasteiger partial charge in [0.2, 0.25) is 0 Å². The van der Waals surface area contributed by atoms with Crippen molar-refractivity contribution >= 4 is 11.9 Å². The predicted octanol–water partition coefficient (Wildman–Crippen LogP) is 4.15. The molecule has 0 spiro atoms. The molecule has 1 aliphatic carbocycles. The molecule has 2 saturated heterocycles. The van der Waals surface area contributed by atoms with E-state index < -0.39 is 0 Å². The Balaban J connectivity index is 1.38. The molecule has 4 rings (SSSR count). The molecular formula is C23H33N3O2. The van der Waals surface area contributed by atoms with E-state index in [2.05, 4.69) is 15.5 Å². The van der Waals surface area contributed by atoms with E-state index >= 15 is 0 Å². The van der Waals surface area contributed by atoms with Crippen LogP contribution in [0, 0.1) is 6.92 Å². The molecule has 1 saturated carbocycles. The van der Waals surface area contributed by atoms with Crippen LogP contribution in [0.25, 0.3) is 0 Å². The van der Waals surface area contributed by atoms with Crippen molar-refractivity contribution in [2.24, 2.45) is 0 Å². The first-order valence-electron chi connectivity index (χ1n) is 11.1. The van der Waals surface area contributed by atoms with Crippen LogP contribution < -0.4 is 10.6 Å². The monoisotopic (exact) mass is 383 g/mol. The third kappa shape index (κ3) is 4.18. The van der Waals surface area contributed by atoms with Crippen LogP contribution >= 0.6 is 0 Å². The molecule has 2 N–H and O–H groups in total. The summed E-state index contributed by atoms with van der Waals surface area (Å²) in [5.74, 6) is 0.0151. The van der Waals surface area contributed by atoms with Crippen LogP contribution in [0.2, 0.25) is 0 Å². The first-order valence-corrected chi connectivity index (χ1v) is 11.1. The van der Waals surface area contributed by atoms with Gasteiger partial charge in [0.25, 0.3) is 5.91 Å². The number of hydrogen-bond acceptors (Lipinski definition) is 2. The van der Waals surface area contributed by atoms with E-state index in [-0.39, 0.29) is 30.1 Å². The van der Waals surface area contributed by atoms with E-state index in [4.69, 9.17) is 0 Å². The van der Waals surface area contributed by atoms with Crippen LogP contribution in [0.5, 0.6) is 0 Å². The van der Waals surface area contributed by atoms with Crippen LogP contribution in [-0.4, -0.2) is 41.0 Å². The summed E-state index contributed by atoms with van der Waals surface area (Å²) in [6, 6.07) is 8.86. The SMILES string of the molecule is Cc1ccccc1C(=O)NC1CC2CCCC(C1)N2C(=O)NC1CCCCC1. The molecule has 2 bridgehead atoms. The molecule has 152 valence electrons. The lowest BCUT2D eigenvalue weighted by atomic mass is 9.81. The number of benzene rings is 1. The van der Waals surface area contributed by atoms with Crippen molar-refractivity contribution in [1.82, 2.24) is 15.5 Å². The standard InChI is InChI=1S/C23H33N3O2/c1-16-8-5-6-13-21(16)22(27)24-18-14-19-11-7-12-20(15-18)26(19)23(28)25-17-9-3-2-4-10-17/h5-6,8,13,17-20H,2-4,7,9-12,14-15H2,1H3,(H,24,27)(H,25,28). The molecule has 5 heteroatoms. The van der Waals surface area contributed by atoms with Gasteiger partial charge in [0, 0.05) is 29.7 Å². The second-order valence-electron chi connectivity index (χ2n) is 8.89. The molecule has 2 heterocycles. The molecule has 28 heavy (non-hydrogen) atoms. The largest absolute Gasteiger partial charge is 0.349 e. The zero-order valence-electron chi connectivity index (χ0n) is 17.0. The Bertz CT molecular complexity index is 700. The number of nitrogens with zero attached hydrogens (tertiary/aromatic N) is 1. The lowest BCUT2D eigenvalue weighted by molar-refractivity contribution is 0.0506. The maximum atomic E-state index is 13.0. The molecule has 5 nitrogen and oxygen atoms in total. The Labute approximate surface area is 168 Å². The van der Waals surface area contributed by atoms with E-state index in [1.807, 2.05) is 31.2 Å². The smallest absolute Gasteiger partial charge is 0.318 e. The molecule has 3 aliphatic rings. The number of rotatable bonds is 3. The van der Waals surface area contributed by atoms with Crippen molar-refractivity contribution < 1.29 is 9.59 Å². The van der Waals surface area contributed by atoms with Gasteiger partial charge in [-0.15, -0.1) is 0 Å². The summed E-state index contributed by atoms with van der Waals surface area (Å²) in [6.45, 7) is 1.97. The minimum absolute atomic E-state index is 0.0151. The van der Waals surface area contributed by atoms with Crippen molar-refractivity contribution in [3.05, 3.63) is 35.4 Å². The number of fused-ring (bicyclic) bond motifs is 2. The van der Waals surface area contributed by atoms with Crippen LogP contribution in [0.1, 0.15) is 80.1 Å². The van der Waals surface area contributed by atoms with Gasteiger partial charge in [0.15, 0.2) is 0 Å². The Morgan fingerprint density at radius 2 is 1.54 bits per heavy atom. The second kappa shape index (κ2) is 8.54. The van der Waals surface area contributed by atoms with Gasteiger partial charge in [-0.1, -0.05) is 37.5 Å². The molecule has 2 unspecified atom stereocenters. The molecule has 0 radical (unpaired) electrons. The zero-order chi connectivity index (χ0) is 19.5. The van der Waals surface area contributed by atoms with Gasteiger partial charge in [-0.25, -0.2) is 4.79 Å². The van der Waals surface area contributed by atoms with Crippen molar-refractivity contribution in [3.8, 4) is 0 Å². The highest BCUT2D eigenvalue weighted by atomic mass is 16.2. The highest BCUT2D eigenvalue weighted by Gasteiger charge is 2.41. The summed E-state index contributed by atoms with van der Waals surface area (Å²) in [5.41, 5.74) is 1.76. The summed E-state index contributed by atoms with van der Waals surface area (Å²) in [7, 11) is 0. The lowest BCUT2D eigenvalue weighted by Crippen LogP contribution is -2.61. The van der Waals surface area contributed by atoms with E-state index in [1.54, 1.807) is 0 Å². The minimum atomic E-state index is 0.0151. The fourth-order valence-electron chi connectivity index (χ4n) is 5.42. The predicted molar refractivity (Wildman–Crippen MR) is 110 cm³/mol. The van der Waals surface area contributed by atoms with Crippen molar-refractivity contribution in [2.45, 2.75) is 95.3 Å². The van der Waals surface area contributed by atoms with E-state index in [0.717, 1.165) is 49.7 Å². The molecule has 1 aromatic rings. The molecule has 2 aliphatic heterocycles. The van der Waals surface area contributed by atoms with E-state index in [0.29, 0.717) is 6.04 Å². The summed E-state index contributed by atoms with van der Waals surface area (Å²) in [5, 5.41) is 6.55. The topological polar surface area (TPSA) is 61.4 Å². The van der Waals surface area contributed by atoms with Crippen LogP contribution in [-0.2, 0) is 0 Å². The maximum Gasteiger partial charge on any atom is 0.318 e. The van der Waals surface area contributed by atoms with Gasteiger partial charge in [-0.2, -0.15) is 0 Å². The van der Waals surface area contributed by atoms with Gasteiger partial charge in [-0.05, 0) is 63.5 Å². The first kappa shape index (κ1) is 19.3. The minimum Gasteiger partial charge on any atom is -0.349 e. The number of nitrogens with one attached hydrogen (secondary N) is 2. The number of hydrogen-bond donors (Lipinski definition) is 2. The Hall–Kier alpha value is -2.04. The molecule has 0 aromatic heterocycles. The van der Waals surface area contributed by atoms with Crippen molar-refractivity contribution in [2.75, 3.05) is 0 Å². The Morgan fingerprint density at radius 3 is 2.21 bits per heavy atom. The maximum absolute atomic E-state index is 13.0. The average Bonchev–Trinajstić information content (AvgIpc) is 2.68. The van der Waals surface area contributed by atoms with Gasteiger partial charge >= 0.3 is 6.03 Å². The van der Waals surface area contributed by atoms with E-state index in [9.17, 15) is 9.59 Å². The third-order valence-electron chi connectivity index (χ3n) is 6.87. The van der Waals surface area contributed by atoms with Crippen molar-refractivity contribution in [1.29, 1.82) is 0 Å². The van der Waals surface area contributed by atoms with Crippen molar-refractivity contribution in [3.63, 3.8) is 0 Å². The fourth-order valence-corrected chi connectivity index (χ4v) is 5.42. The molecule has 3 amide bonds. The molecule has 2 atom stereocenters. The highest BCUT2D eigenvalue weighted by Crippen LogP contribution is 2.34. The molecule has 3 fully saturated rings. The van der Waals surface area contributed by atoms with Crippen LogP contribution in [0.3, 0.4) is 0 Å². The van der Waals surface area contributed by atoms with E-state index in [1.165, 1.54) is 25.7 Å². The second-order valence-corrected chi connectivity index (χ2v) is 8.89. The summed E-state index contributed by atoms with van der Waals surface area (Å²) in [6.07, 6.45) is 11.0. The summed E-state index contributed by atoms with van der Waals surface area (Å²) in [4.78, 5) is 27.8. The quantitative estimate of drug-likeness (QED) is 0.823. The average molecular weight is 384 g/mol. The number of urea groups is 1. The van der Waals surface area contributed by atoms with Gasteiger partial charge in [-0.3, -0.25) is 4.79 Å². The van der Waals surface area contributed by atoms with Crippen LogP contribution in [0.4, 0.5) is 4.79 Å². The third-order valence-corrected chi connectivity index (χ3v) is 6.87. The number of amides is 3. The molecule has 1 aromatic carbocycles. The van der Waals surface area contributed by atoms with Gasteiger partial charge < -0.3 is 15.5 Å². The number of piperidine rings is 2. The normalized spacial score (nSPS) is 27.9. The first-order chi connectivity index (χ1) is 13.6. The fraction of sp³-hybridized carbons (Fsp3) is 0.652. The summed E-state index contributed by atoms with van der Waals surface area (Å²) < 4.78 is 0. The Kier molecular flexibility index (Phi) is 5.88. The lowest BCUT2D eigenvalue weighted by Gasteiger charge is -2.49. The highest BCUT2D eigenvalue weighted by molar-refractivity contribution is 5.95. The number of carbonyl (C=O) groups is 2. The van der Waals surface area contributed by atoms with Gasteiger partial charge in [0.1, 0.15) is 0 Å². The van der Waals surface area contributed by atoms with Gasteiger partial charge in [0.05, 0.1) is 0 Å². The molecular weight excluding hydrogens is 350 g/mol. The number of aryl methyl sites for hydroxylation is 1.